The summed E-state index contributed by atoms with van der Waals surface area (Å²) in [6.07, 6.45) is 4.27. The van der Waals surface area contributed by atoms with Gasteiger partial charge in [-0.3, -0.25) is 0 Å². The Bertz CT molecular complexity index is 315. The quantitative estimate of drug-likeness (QED) is 0.813. The third-order valence-corrected chi connectivity index (χ3v) is 3.90. The molecule has 1 aliphatic rings. The normalized spacial score (nSPS) is 24.9. The van der Waals surface area contributed by atoms with Gasteiger partial charge in [0.25, 0.3) is 0 Å². The van der Waals surface area contributed by atoms with Crippen molar-refractivity contribution in [2.24, 2.45) is 11.8 Å². The summed E-state index contributed by atoms with van der Waals surface area (Å²) >= 11 is 0. The Hall–Kier alpha value is -0.820. The van der Waals surface area contributed by atoms with E-state index in [4.69, 9.17) is 0 Å². The van der Waals surface area contributed by atoms with Crippen LogP contribution in [-0.4, -0.2) is 6.54 Å². The molecule has 1 saturated carbocycles. The molecule has 1 heteroatoms. The van der Waals surface area contributed by atoms with Gasteiger partial charge in [0.1, 0.15) is 0 Å². The van der Waals surface area contributed by atoms with Gasteiger partial charge in [0.05, 0.1) is 0 Å². The van der Waals surface area contributed by atoms with E-state index in [9.17, 15) is 0 Å². The maximum atomic E-state index is 3.59. The van der Waals surface area contributed by atoms with Crippen molar-refractivity contribution >= 4 is 0 Å². The minimum absolute atomic E-state index is 0.908. The summed E-state index contributed by atoms with van der Waals surface area (Å²) in [4.78, 5) is 0. The first-order valence-electron chi connectivity index (χ1n) is 6.52. The summed E-state index contributed by atoms with van der Waals surface area (Å²) in [5, 5.41) is 3.59. The van der Waals surface area contributed by atoms with Gasteiger partial charge in [-0.2, -0.15) is 0 Å². The number of nitrogens with one attached hydrogen (secondary N) is 1. The standard InChI is InChI=1S/C15H23N/c1-12-6-8-14(9-7-12)10-16-11-15-5-3-4-13(15)2/h6-9,13,15-16H,3-5,10-11H2,1-2H3. The molecular formula is C15H23N. The minimum Gasteiger partial charge on any atom is -0.312 e. The van der Waals surface area contributed by atoms with Crippen molar-refractivity contribution in [1.29, 1.82) is 0 Å². The van der Waals surface area contributed by atoms with Gasteiger partial charge in [-0.1, -0.05) is 49.6 Å². The van der Waals surface area contributed by atoms with Crippen LogP contribution in [0.5, 0.6) is 0 Å². The summed E-state index contributed by atoms with van der Waals surface area (Å²) < 4.78 is 0. The summed E-state index contributed by atoms with van der Waals surface area (Å²) in [6.45, 7) is 6.74. The molecule has 1 aromatic rings. The van der Waals surface area contributed by atoms with Crippen molar-refractivity contribution in [3.05, 3.63) is 35.4 Å². The molecule has 2 atom stereocenters. The van der Waals surface area contributed by atoms with Crippen LogP contribution < -0.4 is 5.32 Å². The van der Waals surface area contributed by atoms with Crippen molar-refractivity contribution in [1.82, 2.24) is 5.32 Å². The van der Waals surface area contributed by atoms with Gasteiger partial charge in [0, 0.05) is 6.54 Å². The number of hydrogen-bond donors (Lipinski definition) is 1. The van der Waals surface area contributed by atoms with Gasteiger partial charge in [-0.25, -0.2) is 0 Å². The average Bonchev–Trinajstić information content (AvgIpc) is 2.68. The smallest absolute Gasteiger partial charge is 0.0205 e. The SMILES string of the molecule is Cc1ccc(CNCC2CCCC2C)cc1. The van der Waals surface area contributed by atoms with E-state index in [2.05, 4.69) is 43.4 Å². The fraction of sp³-hybridized carbons (Fsp3) is 0.600. The Labute approximate surface area is 99.3 Å². The van der Waals surface area contributed by atoms with Crippen LogP contribution in [0.15, 0.2) is 24.3 Å². The lowest BCUT2D eigenvalue weighted by Crippen LogP contribution is -2.23. The summed E-state index contributed by atoms with van der Waals surface area (Å²) in [5.41, 5.74) is 2.74. The van der Waals surface area contributed by atoms with E-state index in [1.54, 1.807) is 0 Å². The highest BCUT2D eigenvalue weighted by Gasteiger charge is 2.22. The fourth-order valence-electron chi connectivity index (χ4n) is 2.63. The largest absolute Gasteiger partial charge is 0.312 e. The highest BCUT2D eigenvalue weighted by Crippen LogP contribution is 2.30. The lowest BCUT2D eigenvalue weighted by molar-refractivity contribution is 0.392. The summed E-state index contributed by atoms with van der Waals surface area (Å²) in [6, 6.07) is 8.82. The van der Waals surface area contributed by atoms with Gasteiger partial charge >= 0.3 is 0 Å². The molecule has 0 amide bonds. The van der Waals surface area contributed by atoms with E-state index < -0.39 is 0 Å². The topological polar surface area (TPSA) is 12.0 Å². The highest BCUT2D eigenvalue weighted by molar-refractivity contribution is 5.21. The molecule has 0 heterocycles. The molecule has 1 aliphatic carbocycles. The van der Waals surface area contributed by atoms with Crippen LogP contribution in [0.25, 0.3) is 0 Å². The first-order valence-corrected chi connectivity index (χ1v) is 6.52. The first kappa shape index (κ1) is 11.7. The first-order chi connectivity index (χ1) is 7.75. The molecule has 2 unspecified atom stereocenters. The van der Waals surface area contributed by atoms with Crippen molar-refractivity contribution in [2.45, 2.75) is 39.7 Å². The molecule has 0 spiro atoms. The monoisotopic (exact) mass is 217 g/mol. The Kier molecular flexibility index (Phi) is 4.00. The van der Waals surface area contributed by atoms with Gasteiger partial charge in [-0.05, 0) is 37.3 Å². The molecule has 88 valence electrons. The molecule has 1 fully saturated rings. The molecular weight excluding hydrogens is 194 g/mol. The highest BCUT2D eigenvalue weighted by atomic mass is 14.9. The van der Waals surface area contributed by atoms with Crippen molar-refractivity contribution in [2.75, 3.05) is 6.54 Å². The van der Waals surface area contributed by atoms with Crippen LogP contribution in [0, 0.1) is 18.8 Å². The predicted molar refractivity (Wildman–Crippen MR) is 69.4 cm³/mol. The van der Waals surface area contributed by atoms with Crippen LogP contribution >= 0.6 is 0 Å². The van der Waals surface area contributed by atoms with Crippen LogP contribution in [0.4, 0.5) is 0 Å². The zero-order chi connectivity index (χ0) is 11.4. The van der Waals surface area contributed by atoms with E-state index in [0.29, 0.717) is 0 Å². The Balaban J connectivity index is 1.73. The molecule has 0 saturated heterocycles. The van der Waals surface area contributed by atoms with E-state index in [0.717, 1.165) is 18.4 Å². The lowest BCUT2D eigenvalue weighted by Gasteiger charge is -2.15. The fourth-order valence-corrected chi connectivity index (χ4v) is 2.63. The van der Waals surface area contributed by atoms with Crippen molar-refractivity contribution in [3.8, 4) is 0 Å². The second kappa shape index (κ2) is 5.49. The average molecular weight is 217 g/mol. The van der Waals surface area contributed by atoms with Crippen molar-refractivity contribution < 1.29 is 0 Å². The van der Waals surface area contributed by atoms with Crippen molar-refractivity contribution in [3.63, 3.8) is 0 Å². The van der Waals surface area contributed by atoms with Crippen LogP contribution in [0.3, 0.4) is 0 Å². The molecule has 1 N–H and O–H groups in total. The van der Waals surface area contributed by atoms with Gasteiger partial charge in [0.15, 0.2) is 0 Å². The second-order valence-corrected chi connectivity index (χ2v) is 5.28. The number of rotatable bonds is 4. The van der Waals surface area contributed by atoms with E-state index in [1.807, 2.05) is 0 Å². The molecule has 0 bridgehead atoms. The molecule has 0 aromatic heterocycles. The van der Waals surface area contributed by atoms with Crippen LogP contribution in [0.2, 0.25) is 0 Å². The van der Waals surface area contributed by atoms with E-state index in [1.165, 1.54) is 36.9 Å². The maximum Gasteiger partial charge on any atom is 0.0205 e. The Morgan fingerprint density at radius 2 is 1.94 bits per heavy atom. The van der Waals surface area contributed by atoms with E-state index >= 15 is 0 Å². The Morgan fingerprint density at radius 1 is 1.19 bits per heavy atom. The van der Waals surface area contributed by atoms with Crippen LogP contribution in [-0.2, 0) is 6.54 Å². The lowest BCUT2D eigenvalue weighted by atomic mass is 9.98. The Morgan fingerprint density at radius 3 is 2.56 bits per heavy atom. The zero-order valence-corrected chi connectivity index (χ0v) is 10.5. The van der Waals surface area contributed by atoms with E-state index in [-0.39, 0.29) is 0 Å². The van der Waals surface area contributed by atoms with Gasteiger partial charge in [-0.15, -0.1) is 0 Å². The molecule has 1 aromatic carbocycles. The summed E-state index contributed by atoms with van der Waals surface area (Å²) in [5.74, 6) is 1.83. The third kappa shape index (κ3) is 3.08. The van der Waals surface area contributed by atoms with Crippen LogP contribution in [0.1, 0.15) is 37.3 Å². The predicted octanol–water partition coefficient (Wildman–Crippen LogP) is 3.52. The molecule has 16 heavy (non-hydrogen) atoms. The molecule has 1 nitrogen and oxygen atoms in total. The van der Waals surface area contributed by atoms with Gasteiger partial charge < -0.3 is 5.32 Å². The maximum absolute atomic E-state index is 3.59. The molecule has 0 aliphatic heterocycles. The summed E-state index contributed by atoms with van der Waals surface area (Å²) in [7, 11) is 0. The molecule has 0 radical (unpaired) electrons. The zero-order valence-electron chi connectivity index (χ0n) is 10.5. The third-order valence-electron chi connectivity index (χ3n) is 3.90. The number of hydrogen-bond acceptors (Lipinski definition) is 1. The van der Waals surface area contributed by atoms with Gasteiger partial charge in [0.2, 0.25) is 0 Å². The number of benzene rings is 1. The number of aryl methyl sites for hydroxylation is 1. The minimum atomic E-state index is 0.908. The molecule has 2 rings (SSSR count). The second-order valence-electron chi connectivity index (χ2n) is 5.28.